The van der Waals surface area contributed by atoms with Crippen LogP contribution in [-0.4, -0.2) is 25.7 Å². The summed E-state index contributed by atoms with van der Waals surface area (Å²) in [5.74, 6) is 0. The number of hydrogen-bond donors (Lipinski definition) is 0. The van der Waals surface area contributed by atoms with Crippen LogP contribution in [0.25, 0.3) is 0 Å². The monoisotopic (exact) mass is 643 g/mol. The average Bonchev–Trinajstić information content (AvgIpc) is 2.99. The smallest absolute Gasteiger partial charge is 0.320 e. The lowest BCUT2D eigenvalue weighted by molar-refractivity contribution is 0.201. The van der Waals surface area contributed by atoms with Gasteiger partial charge in [-0.05, 0) is 36.3 Å². The van der Waals surface area contributed by atoms with Gasteiger partial charge in [0, 0.05) is 0 Å². The zero-order valence-corrected chi connectivity index (χ0v) is 32.9. The Hall–Kier alpha value is 0.531. The summed E-state index contributed by atoms with van der Waals surface area (Å²) >= 11 is 0. The SMILES string of the molecule is CCCCCC[Si]1(CCCCCC)O[Si](CCCCCC)(CCCCCC)O[Si](CCCCCC)(CCCCCC)O1. The van der Waals surface area contributed by atoms with Gasteiger partial charge in [0.15, 0.2) is 0 Å². The van der Waals surface area contributed by atoms with E-state index in [-0.39, 0.29) is 0 Å². The molecule has 1 heterocycles. The van der Waals surface area contributed by atoms with Crippen LogP contribution in [0.3, 0.4) is 0 Å². The Kier molecular flexibility index (Phi) is 24.8. The fourth-order valence-corrected chi connectivity index (χ4v) is 27.1. The molecule has 1 rings (SSSR count). The van der Waals surface area contributed by atoms with E-state index in [1.807, 2.05) is 0 Å². The lowest BCUT2D eigenvalue weighted by Gasteiger charge is -2.54. The van der Waals surface area contributed by atoms with Crippen LogP contribution in [0.15, 0.2) is 0 Å². The first-order valence-electron chi connectivity index (χ1n) is 19.6. The van der Waals surface area contributed by atoms with Gasteiger partial charge >= 0.3 is 25.7 Å². The predicted molar refractivity (Wildman–Crippen MR) is 194 cm³/mol. The summed E-state index contributed by atoms with van der Waals surface area (Å²) < 4.78 is 23.3. The Morgan fingerprint density at radius 3 is 0.548 bits per heavy atom. The normalized spacial score (nSPS) is 17.6. The fourth-order valence-electron chi connectivity index (χ4n) is 6.99. The highest BCUT2D eigenvalue weighted by atomic mass is 28.5. The van der Waals surface area contributed by atoms with Crippen molar-refractivity contribution in [1.29, 1.82) is 0 Å². The third-order valence-electron chi connectivity index (χ3n) is 9.58. The van der Waals surface area contributed by atoms with E-state index in [1.165, 1.54) is 190 Å². The fraction of sp³-hybridized carbons (Fsp3) is 1.00. The second kappa shape index (κ2) is 25.7. The third-order valence-corrected chi connectivity index (χ3v) is 25.2. The van der Waals surface area contributed by atoms with E-state index in [0.29, 0.717) is 0 Å². The van der Waals surface area contributed by atoms with E-state index in [9.17, 15) is 0 Å². The highest BCUT2D eigenvalue weighted by molar-refractivity contribution is 6.94. The molecule has 0 spiro atoms. The Bertz CT molecular complexity index is 475. The first-order valence-corrected chi connectivity index (χ1v) is 26.3. The van der Waals surface area contributed by atoms with Crippen molar-refractivity contribution in [3.8, 4) is 0 Å². The minimum absolute atomic E-state index is 1.24. The van der Waals surface area contributed by atoms with E-state index >= 15 is 0 Å². The molecule has 0 amide bonds. The second-order valence-electron chi connectivity index (χ2n) is 13.9. The van der Waals surface area contributed by atoms with E-state index in [0.717, 1.165) is 0 Å². The first kappa shape index (κ1) is 40.6. The van der Waals surface area contributed by atoms with E-state index in [2.05, 4.69) is 41.5 Å². The topological polar surface area (TPSA) is 27.7 Å². The van der Waals surface area contributed by atoms with Crippen LogP contribution in [-0.2, 0) is 12.3 Å². The van der Waals surface area contributed by atoms with Crippen LogP contribution < -0.4 is 0 Å². The zero-order chi connectivity index (χ0) is 30.8. The van der Waals surface area contributed by atoms with Crippen LogP contribution in [0.1, 0.15) is 196 Å². The minimum Gasteiger partial charge on any atom is -0.415 e. The molecule has 0 N–H and O–H groups in total. The van der Waals surface area contributed by atoms with Gasteiger partial charge in [0.25, 0.3) is 0 Å². The molecule has 0 aliphatic carbocycles. The summed E-state index contributed by atoms with van der Waals surface area (Å²) in [6.07, 6.45) is 31.8. The van der Waals surface area contributed by atoms with Crippen LogP contribution in [0.5, 0.6) is 0 Å². The van der Waals surface area contributed by atoms with Crippen LogP contribution >= 0.6 is 0 Å². The van der Waals surface area contributed by atoms with Crippen molar-refractivity contribution in [3.63, 3.8) is 0 Å². The Labute approximate surface area is 269 Å². The number of rotatable bonds is 30. The highest BCUT2D eigenvalue weighted by Gasteiger charge is 2.60. The van der Waals surface area contributed by atoms with Gasteiger partial charge in [-0.1, -0.05) is 196 Å². The molecule has 42 heavy (non-hydrogen) atoms. The molecule has 1 saturated heterocycles. The lowest BCUT2D eigenvalue weighted by atomic mass is 10.2. The number of hydrogen-bond acceptors (Lipinski definition) is 3. The molecule has 1 aliphatic heterocycles. The molecule has 1 aliphatic rings. The first-order chi connectivity index (χ1) is 20.5. The molecule has 0 unspecified atom stereocenters. The average molecular weight is 643 g/mol. The van der Waals surface area contributed by atoms with Crippen molar-refractivity contribution in [2.45, 2.75) is 232 Å². The molecular weight excluding hydrogens is 565 g/mol. The molecule has 0 aromatic heterocycles. The van der Waals surface area contributed by atoms with Gasteiger partial charge in [0.1, 0.15) is 0 Å². The molecule has 0 aromatic carbocycles. The maximum absolute atomic E-state index is 7.76. The van der Waals surface area contributed by atoms with Gasteiger partial charge in [0.2, 0.25) is 0 Å². The summed E-state index contributed by atoms with van der Waals surface area (Å²) in [6.45, 7) is 14.1. The maximum Gasteiger partial charge on any atom is 0.320 e. The van der Waals surface area contributed by atoms with Crippen molar-refractivity contribution in [2.75, 3.05) is 0 Å². The Morgan fingerprint density at radius 2 is 0.405 bits per heavy atom. The summed E-state index contributed by atoms with van der Waals surface area (Å²) in [6, 6.07) is 7.42. The van der Waals surface area contributed by atoms with E-state index in [4.69, 9.17) is 12.3 Å². The Balaban J connectivity index is 3.48. The lowest BCUT2D eigenvalue weighted by Crippen LogP contribution is -2.70. The van der Waals surface area contributed by atoms with Crippen LogP contribution in [0.4, 0.5) is 0 Å². The predicted octanol–water partition coefficient (Wildman–Crippen LogP) is 13.9. The largest absolute Gasteiger partial charge is 0.415 e. The molecule has 6 heteroatoms. The van der Waals surface area contributed by atoms with Gasteiger partial charge in [-0.2, -0.15) is 0 Å². The van der Waals surface area contributed by atoms with Crippen molar-refractivity contribution in [3.05, 3.63) is 0 Å². The van der Waals surface area contributed by atoms with Gasteiger partial charge in [-0.3, -0.25) is 0 Å². The van der Waals surface area contributed by atoms with Gasteiger partial charge in [-0.25, -0.2) is 0 Å². The minimum atomic E-state index is -2.33. The van der Waals surface area contributed by atoms with E-state index < -0.39 is 25.7 Å². The third kappa shape index (κ3) is 17.3. The molecule has 0 radical (unpaired) electrons. The maximum atomic E-state index is 7.76. The summed E-state index contributed by atoms with van der Waals surface area (Å²) in [4.78, 5) is 0. The standard InChI is InChI=1S/C36H78O3Si3/c1-7-13-19-25-31-40(32-26-20-14-8-2)37-41(33-27-21-15-9-3,34-28-22-16-10-4)39-42(38-40,35-29-23-17-11-5)36-30-24-18-12-6/h7-36H2,1-6H3. The van der Waals surface area contributed by atoms with Crippen LogP contribution in [0.2, 0.25) is 36.3 Å². The number of unbranched alkanes of at least 4 members (excludes halogenated alkanes) is 18. The zero-order valence-electron chi connectivity index (χ0n) is 29.9. The van der Waals surface area contributed by atoms with Gasteiger partial charge < -0.3 is 12.3 Å². The molecule has 0 bridgehead atoms. The molecular formula is C36H78O3Si3. The summed E-state index contributed by atoms with van der Waals surface area (Å²) in [5, 5.41) is 0. The summed E-state index contributed by atoms with van der Waals surface area (Å²) in [7, 11) is -6.99. The van der Waals surface area contributed by atoms with Crippen molar-refractivity contribution in [2.24, 2.45) is 0 Å². The van der Waals surface area contributed by atoms with Gasteiger partial charge in [-0.15, -0.1) is 0 Å². The second-order valence-corrected chi connectivity index (χ2v) is 24.8. The molecule has 3 nitrogen and oxygen atoms in total. The molecule has 0 atom stereocenters. The van der Waals surface area contributed by atoms with Crippen LogP contribution in [0, 0.1) is 0 Å². The van der Waals surface area contributed by atoms with Crippen molar-refractivity contribution >= 4 is 25.7 Å². The molecule has 0 saturated carbocycles. The molecule has 1 fully saturated rings. The van der Waals surface area contributed by atoms with Crippen molar-refractivity contribution < 1.29 is 12.3 Å². The summed E-state index contributed by atoms with van der Waals surface area (Å²) in [5.41, 5.74) is 0. The van der Waals surface area contributed by atoms with Gasteiger partial charge in [0.05, 0.1) is 0 Å². The molecule has 0 aromatic rings. The molecule has 252 valence electrons. The highest BCUT2D eigenvalue weighted by Crippen LogP contribution is 2.46. The quantitative estimate of drug-likeness (QED) is 0.0576. The van der Waals surface area contributed by atoms with Crippen molar-refractivity contribution in [1.82, 2.24) is 0 Å². The van der Waals surface area contributed by atoms with E-state index in [1.54, 1.807) is 0 Å². The Morgan fingerprint density at radius 1 is 0.238 bits per heavy atom.